The van der Waals surface area contributed by atoms with Gasteiger partial charge in [-0.2, -0.15) is 0 Å². The monoisotopic (exact) mass is 318 g/mol. The highest BCUT2D eigenvalue weighted by atomic mass is 32.2. The number of aliphatic carboxylic acids is 1. The Balaban J connectivity index is 2.15. The average molecular weight is 318 g/mol. The Kier molecular flexibility index (Phi) is 4.19. The highest BCUT2D eigenvalue weighted by Crippen LogP contribution is 2.35. The minimum atomic E-state index is -3.06. The number of likely N-dealkylation sites (tertiary alicyclic amines) is 1. The van der Waals surface area contributed by atoms with Crippen molar-refractivity contribution in [2.45, 2.75) is 32.7 Å². The molecule has 0 spiro atoms. The Bertz CT molecular complexity index is 529. The lowest BCUT2D eigenvalue weighted by Crippen LogP contribution is -2.60. The van der Waals surface area contributed by atoms with Crippen LogP contribution in [0.5, 0.6) is 0 Å². The lowest BCUT2D eigenvalue weighted by molar-refractivity contribution is -0.148. The van der Waals surface area contributed by atoms with Crippen LogP contribution in [-0.4, -0.2) is 72.5 Å². The molecule has 120 valence electrons. The minimum Gasteiger partial charge on any atom is -0.480 e. The molecule has 0 aromatic heterocycles. The van der Waals surface area contributed by atoms with Crippen molar-refractivity contribution in [2.24, 2.45) is 5.41 Å². The lowest BCUT2D eigenvalue weighted by Gasteiger charge is -2.45. The van der Waals surface area contributed by atoms with Gasteiger partial charge in [-0.25, -0.2) is 18.0 Å². The Morgan fingerprint density at radius 2 is 1.71 bits per heavy atom. The second kappa shape index (κ2) is 5.47. The van der Waals surface area contributed by atoms with E-state index in [1.807, 2.05) is 13.8 Å². The Morgan fingerprint density at radius 3 is 2.24 bits per heavy atom. The molecule has 0 saturated carbocycles. The molecule has 1 unspecified atom stereocenters. The minimum absolute atomic E-state index is 0.0479. The van der Waals surface area contributed by atoms with E-state index in [1.54, 1.807) is 0 Å². The fourth-order valence-electron chi connectivity index (χ4n) is 3.15. The standard InChI is InChI=1S/C13H22N2O5S/c1-13(2)4-3-5-15(10(13)11(16)17)12(18)14-6-8-21(19,20)9-7-14/h10H,3-9H2,1-2H3,(H,16,17). The zero-order valence-corrected chi connectivity index (χ0v) is 13.2. The zero-order valence-electron chi connectivity index (χ0n) is 12.4. The molecule has 1 N–H and O–H groups in total. The molecule has 7 nitrogen and oxygen atoms in total. The number of carbonyl (C=O) groups excluding carboxylic acids is 1. The van der Waals surface area contributed by atoms with Crippen LogP contribution >= 0.6 is 0 Å². The number of rotatable bonds is 1. The fourth-order valence-corrected chi connectivity index (χ4v) is 4.35. The van der Waals surface area contributed by atoms with E-state index in [2.05, 4.69) is 0 Å². The topological polar surface area (TPSA) is 95.0 Å². The van der Waals surface area contributed by atoms with Crippen LogP contribution < -0.4 is 0 Å². The normalized spacial score (nSPS) is 28.2. The van der Waals surface area contributed by atoms with E-state index in [0.29, 0.717) is 6.54 Å². The van der Waals surface area contributed by atoms with Crippen LogP contribution in [0.25, 0.3) is 0 Å². The molecule has 8 heteroatoms. The zero-order chi connectivity index (χ0) is 15.8. The molecule has 21 heavy (non-hydrogen) atoms. The molecule has 0 aromatic carbocycles. The summed E-state index contributed by atoms with van der Waals surface area (Å²) >= 11 is 0. The van der Waals surface area contributed by atoms with E-state index in [9.17, 15) is 23.1 Å². The van der Waals surface area contributed by atoms with E-state index in [1.165, 1.54) is 9.80 Å². The highest BCUT2D eigenvalue weighted by molar-refractivity contribution is 7.91. The Labute approximate surface area is 124 Å². The van der Waals surface area contributed by atoms with Gasteiger partial charge in [0.05, 0.1) is 11.5 Å². The molecule has 2 rings (SSSR count). The first-order valence-electron chi connectivity index (χ1n) is 7.13. The van der Waals surface area contributed by atoms with Crippen LogP contribution in [0.2, 0.25) is 0 Å². The number of nitrogens with zero attached hydrogens (tertiary/aromatic N) is 2. The maximum absolute atomic E-state index is 12.6. The van der Waals surface area contributed by atoms with Crippen molar-refractivity contribution in [3.63, 3.8) is 0 Å². The van der Waals surface area contributed by atoms with Gasteiger partial charge in [0.15, 0.2) is 9.84 Å². The summed E-state index contributed by atoms with van der Waals surface area (Å²) in [5.74, 6) is -1.10. The fraction of sp³-hybridized carbons (Fsp3) is 0.846. The van der Waals surface area contributed by atoms with Crippen LogP contribution in [0.3, 0.4) is 0 Å². The highest BCUT2D eigenvalue weighted by Gasteiger charge is 2.45. The third-order valence-electron chi connectivity index (χ3n) is 4.37. The van der Waals surface area contributed by atoms with E-state index < -0.39 is 27.3 Å². The molecule has 1 atom stereocenters. The van der Waals surface area contributed by atoms with E-state index >= 15 is 0 Å². The van der Waals surface area contributed by atoms with Crippen molar-refractivity contribution in [3.05, 3.63) is 0 Å². The SMILES string of the molecule is CC1(C)CCCN(C(=O)N2CCS(=O)(=O)CC2)C1C(=O)O. The summed E-state index contributed by atoms with van der Waals surface area (Å²) < 4.78 is 22.8. The van der Waals surface area contributed by atoms with E-state index in [-0.39, 0.29) is 30.6 Å². The van der Waals surface area contributed by atoms with Gasteiger partial charge in [0.25, 0.3) is 0 Å². The molecule has 2 aliphatic heterocycles. The molecule has 2 fully saturated rings. The quantitative estimate of drug-likeness (QED) is 0.755. The van der Waals surface area contributed by atoms with Gasteiger partial charge in [0.1, 0.15) is 6.04 Å². The third kappa shape index (κ3) is 3.30. The molecule has 2 saturated heterocycles. The molecular weight excluding hydrogens is 296 g/mol. The maximum atomic E-state index is 12.6. The van der Waals surface area contributed by atoms with Crippen molar-refractivity contribution in [1.29, 1.82) is 0 Å². The van der Waals surface area contributed by atoms with Gasteiger partial charge < -0.3 is 14.9 Å². The summed E-state index contributed by atoms with van der Waals surface area (Å²) in [7, 11) is -3.06. The summed E-state index contributed by atoms with van der Waals surface area (Å²) in [5.41, 5.74) is -0.485. The molecular formula is C13H22N2O5S. The van der Waals surface area contributed by atoms with Crippen molar-refractivity contribution in [3.8, 4) is 0 Å². The van der Waals surface area contributed by atoms with E-state index in [4.69, 9.17) is 0 Å². The first-order valence-corrected chi connectivity index (χ1v) is 8.95. The molecule has 2 heterocycles. The number of urea groups is 1. The van der Waals surface area contributed by atoms with Crippen molar-refractivity contribution in [2.75, 3.05) is 31.1 Å². The van der Waals surface area contributed by atoms with Gasteiger partial charge in [-0.1, -0.05) is 13.8 Å². The van der Waals surface area contributed by atoms with Gasteiger partial charge in [0, 0.05) is 19.6 Å². The first kappa shape index (κ1) is 16.1. The summed E-state index contributed by atoms with van der Waals surface area (Å²) in [4.78, 5) is 27.0. The number of hydrogen-bond donors (Lipinski definition) is 1. The van der Waals surface area contributed by atoms with Crippen LogP contribution in [-0.2, 0) is 14.6 Å². The summed E-state index contributed by atoms with van der Waals surface area (Å²) in [6.45, 7) is 4.40. The number of sulfone groups is 1. The second-order valence-corrected chi connectivity index (χ2v) is 8.75. The largest absolute Gasteiger partial charge is 0.480 e. The maximum Gasteiger partial charge on any atom is 0.327 e. The number of carbonyl (C=O) groups is 2. The smallest absolute Gasteiger partial charge is 0.327 e. The second-order valence-electron chi connectivity index (χ2n) is 6.45. The van der Waals surface area contributed by atoms with Gasteiger partial charge >= 0.3 is 12.0 Å². The predicted molar refractivity (Wildman–Crippen MR) is 76.8 cm³/mol. The van der Waals surface area contributed by atoms with Gasteiger partial charge in [-0.05, 0) is 18.3 Å². The van der Waals surface area contributed by atoms with Crippen molar-refractivity contribution >= 4 is 21.8 Å². The van der Waals surface area contributed by atoms with Crippen molar-refractivity contribution in [1.82, 2.24) is 9.80 Å². The first-order chi connectivity index (χ1) is 9.64. The van der Waals surface area contributed by atoms with Gasteiger partial charge in [-0.15, -0.1) is 0 Å². The predicted octanol–water partition coefficient (Wildman–Crippen LogP) is 0.412. The van der Waals surface area contributed by atoms with Crippen LogP contribution in [0.1, 0.15) is 26.7 Å². The summed E-state index contributed by atoms with van der Waals surface area (Å²) in [6, 6.07) is -1.22. The number of piperidine rings is 1. The number of carboxylic acids is 1. The lowest BCUT2D eigenvalue weighted by atomic mass is 9.76. The van der Waals surface area contributed by atoms with Crippen LogP contribution in [0.4, 0.5) is 4.79 Å². The Hall–Kier alpha value is -1.31. The molecule has 0 bridgehead atoms. The van der Waals surface area contributed by atoms with Crippen LogP contribution in [0, 0.1) is 5.41 Å². The number of hydrogen-bond acceptors (Lipinski definition) is 4. The Morgan fingerprint density at radius 1 is 1.14 bits per heavy atom. The molecule has 2 amide bonds. The van der Waals surface area contributed by atoms with E-state index in [0.717, 1.165) is 12.8 Å². The van der Waals surface area contributed by atoms with Crippen LogP contribution in [0.15, 0.2) is 0 Å². The number of carboxylic acid groups (broad SMARTS) is 1. The molecule has 0 radical (unpaired) electrons. The average Bonchev–Trinajstić information content (AvgIpc) is 2.36. The summed E-state index contributed by atoms with van der Waals surface area (Å²) in [6.07, 6.45) is 1.51. The summed E-state index contributed by atoms with van der Waals surface area (Å²) in [5, 5.41) is 9.47. The number of amides is 2. The molecule has 2 aliphatic rings. The molecule has 0 aliphatic carbocycles. The van der Waals surface area contributed by atoms with Crippen molar-refractivity contribution < 1.29 is 23.1 Å². The third-order valence-corrected chi connectivity index (χ3v) is 5.98. The van der Waals surface area contributed by atoms with Gasteiger partial charge in [-0.3, -0.25) is 0 Å². The van der Waals surface area contributed by atoms with Gasteiger partial charge in [0.2, 0.25) is 0 Å². The molecule has 0 aromatic rings.